The molecule has 0 radical (unpaired) electrons. The van der Waals surface area contributed by atoms with Crippen molar-refractivity contribution in [3.05, 3.63) is 53.6 Å². The fourth-order valence-corrected chi connectivity index (χ4v) is 2.05. The van der Waals surface area contributed by atoms with E-state index >= 15 is 0 Å². The number of aryl methyl sites for hydroxylation is 1. The molecule has 0 aliphatic carbocycles. The number of carbonyl (C=O) groups excluding carboxylic acids is 1. The first kappa shape index (κ1) is 14.9. The molecule has 4 N–H and O–H groups in total. The lowest BCUT2D eigenvalue weighted by molar-refractivity contribution is 0.0954. The molecule has 4 heteroatoms. The summed E-state index contributed by atoms with van der Waals surface area (Å²) in [6.07, 6.45) is 0.897. The summed E-state index contributed by atoms with van der Waals surface area (Å²) in [6, 6.07) is 13.3. The minimum atomic E-state index is -0.111. The average Bonchev–Trinajstić information content (AvgIpc) is 2.48. The van der Waals surface area contributed by atoms with Crippen LogP contribution in [0.1, 0.15) is 29.3 Å². The fourth-order valence-electron chi connectivity index (χ4n) is 2.05. The smallest absolute Gasteiger partial charge is 0.253 e. The van der Waals surface area contributed by atoms with Gasteiger partial charge in [0.1, 0.15) is 0 Å². The van der Waals surface area contributed by atoms with Gasteiger partial charge in [0.25, 0.3) is 5.91 Å². The molecule has 2 rings (SSSR count). The third-order valence-electron chi connectivity index (χ3n) is 3.24. The Morgan fingerprint density at radius 1 is 1.14 bits per heavy atom. The lowest BCUT2D eigenvalue weighted by Gasteiger charge is -2.14. The number of nitrogens with one attached hydrogen (secondary N) is 2. The third-order valence-corrected chi connectivity index (χ3v) is 3.24. The molecular weight excluding hydrogens is 262 g/mol. The van der Waals surface area contributed by atoms with Crippen LogP contribution >= 0.6 is 0 Å². The summed E-state index contributed by atoms with van der Waals surface area (Å²) in [6.45, 7) is 4.69. The molecule has 0 aliphatic rings. The van der Waals surface area contributed by atoms with Gasteiger partial charge in [0, 0.05) is 17.9 Å². The van der Waals surface area contributed by atoms with Crippen LogP contribution in [-0.2, 0) is 0 Å². The summed E-state index contributed by atoms with van der Waals surface area (Å²) in [4.78, 5) is 12.2. The number of carbonyl (C=O) groups is 1. The lowest BCUT2D eigenvalue weighted by Crippen LogP contribution is -2.25. The first-order chi connectivity index (χ1) is 10.1. The quantitative estimate of drug-likeness (QED) is 0.736. The van der Waals surface area contributed by atoms with E-state index < -0.39 is 0 Å². The summed E-state index contributed by atoms with van der Waals surface area (Å²) >= 11 is 0. The van der Waals surface area contributed by atoms with E-state index in [1.165, 1.54) is 0 Å². The van der Waals surface area contributed by atoms with Crippen LogP contribution in [0, 0.1) is 6.92 Å². The van der Waals surface area contributed by atoms with Gasteiger partial charge >= 0.3 is 0 Å². The SMILES string of the molecule is CCCNC(=O)c1cc(N)ccc1Nc1ccccc1C. The van der Waals surface area contributed by atoms with Crippen LogP contribution in [0.5, 0.6) is 0 Å². The van der Waals surface area contributed by atoms with Gasteiger partial charge in [-0.15, -0.1) is 0 Å². The van der Waals surface area contributed by atoms with E-state index in [1.807, 2.05) is 44.2 Å². The first-order valence-corrected chi connectivity index (χ1v) is 7.12. The van der Waals surface area contributed by atoms with Crippen molar-refractivity contribution < 1.29 is 4.79 Å². The molecule has 0 fully saturated rings. The van der Waals surface area contributed by atoms with Crippen molar-refractivity contribution in [2.24, 2.45) is 0 Å². The van der Waals surface area contributed by atoms with E-state index in [2.05, 4.69) is 10.6 Å². The molecule has 2 aromatic rings. The predicted molar refractivity (Wildman–Crippen MR) is 87.9 cm³/mol. The van der Waals surface area contributed by atoms with E-state index in [4.69, 9.17) is 5.73 Å². The molecule has 110 valence electrons. The Morgan fingerprint density at radius 3 is 2.62 bits per heavy atom. The van der Waals surface area contributed by atoms with Crippen molar-refractivity contribution in [2.75, 3.05) is 17.6 Å². The van der Waals surface area contributed by atoms with Crippen LogP contribution in [0.25, 0.3) is 0 Å². The van der Waals surface area contributed by atoms with E-state index in [0.29, 0.717) is 17.8 Å². The number of hydrogen-bond donors (Lipinski definition) is 3. The number of rotatable bonds is 5. The van der Waals surface area contributed by atoms with Gasteiger partial charge < -0.3 is 16.4 Å². The summed E-state index contributed by atoms with van der Waals surface area (Å²) in [5.74, 6) is -0.111. The number of para-hydroxylation sites is 1. The second kappa shape index (κ2) is 6.79. The van der Waals surface area contributed by atoms with Crippen molar-refractivity contribution in [3.8, 4) is 0 Å². The predicted octanol–water partition coefficient (Wildman–Crippen LogP) is 3.46. The maximum Gasteiger partial charge on any atom is 0.253 e. The van der Waals surface area contributed by atoms with Gasteiger partial charge in [0.15, 0.2) is 0 Å². The molecule has 0 heterocycles. The summed E-state index contributed by atoms with van der Waals surface area (Å²) in [5, 5.41) is 6.19. The highest BCUT2D eigenvalue weighted by Crippen LogP contribution is 2.25. The fraction of sp³-hybridized carbons (Fsp3) is 0.235. The molecule has 0 bridgehead atoms. The zero-order chi connectivity index (χ0) is 15.2. The molecule has 2 aromatic carbocycles. The summed E-state index contributed by atoms with van der Waals surface area (Å²) in [5.41, 5.74) is 9.80. The van der Waals surface area contributed by atoms with E-state index in [-0.39, 0.29) is 5.91 Å². The van der Waals surface area contributed by atoms with Gasteiger partial charge in [-0.1, -0.05) is 25.1 Å². The monoisotopic (exact) mass is 283 g/mol. The Hall–Kier alpha value is -2.49. The normalized spacial score (nSPS) is 10.2. The molecule has 0 unspecified atom stereocenters. The van der Waals surface area contributed by atoms with Crippen LogP contribution in [0.2, 0.25) is 0 Å². The molecule has 21 heavy (non-hydrogen) atoms. The number of amides is 1. The van der Waals surface area contributed by atoms with Crippen molar-refractivity contribution in [1.29, 1.82) is 0 Å². The van der Waals surface area contributed by atoms with Crippen molar-refractivity contribution in [3.63, 3.8) is 0 Å². The molecule has 0 atom stereocenters. The molecule has 4 nitrogen and oxygen atoms in total. The Morgan fingerprint density at radius 2 is 1.90 bits per heavy atom. The van der Waals surface area contributed by atoms with Crippen molar-refractivity contribution in [2.45, 2.75) is 20.3 Å². The minimum absolute atomic E-state index is 0.111. The van der Waals surface area contributed by atoms with E-state index in [1.54, 1.807) is 12.1 Å². The highest BCUT2D eigenvalue weighted by Gasteiger charge is 2.12. The van der Waals surface area contributed by atoms with Crippen LogP contribution < -0.4 is 16.4 Å². The number of nitrogen functional groups attached to an aromatic ring is 1. The average molecular weight is 283 g/mol. The molecule has 0 saturated heterocycles. The second-order valence-electron chi connectivity index (χ2n) is 5.00. The minimum Gasteiger partial charge on any atom is -0.399 e. The highest BCUT2D eigenvalue weighted by atomic mass is 16.1. The molecule has 1 amide bonds. The number of nitrogens with two attached hydrogens (primary N) is 1. The molecule has 0 aliphatic heterocycles. The highest BCUT2D eigenvalue weighted by molar-refractivity contribution is 6.01. The summed E-state index contributed by atoms with van der Waals surface area (Å²) < 4.78 is 0. The van der Waals surface area contributed by atoms with E-state index in [0.717, 1.165) is 23.4 Å². The topological polar surface area (TPSA) is 67.2 Å². The Kier molecular flexibility index (Phi) is 4.82. The molecule has 0 spiro atoms. The molecular formula is C17H21N3O. The number of hydrogen-bond acceptors (Lipinski definition) is 3. The largest absolute Gasteiger partial charge is 0.399 e. The van der Waals surface area contributed by atoms with Crippen LogP contribution in [0.3, 0.4) is 0 Å². The standard InChI is InChI=1S/C17H21N3O/c1-3-10-19-17(21)14-11-13(18)8-9-16(14)20-15-7-5-4-6-12(15)2/h4-9,11,20H,3,10,18H2,1-2H3,(H,19,21). The number of benzene rings is 2. The van der Waals surface area contributed by atoms with Crippen molar-refractivity contribution >= 4 is 23.0 Å². The van der Waals surface area contributed by atoms with Crippen LogP contribution in [0.4, 0.5) is 17.1 Å². The number of anilines is 3. The lowest BCUT2D eigenvalue weighted by atomic mass is 10.1. The van der Waals surface area contributed by atoms with Crippen LogP contribution in [0.15, 0.2) is 42.5 Å². The Balaban J connectivity index is 2.31. The Bertz CT molecular complexity index is 638. The van der Waals surface area contributed by atoms with Gasteiger partial charge in [0.2, 0.25) is 0 Å². The third kappa shape index (κ3) is 3.75. The Labute approximate surface area is 125 Å². The molecule has 0 saturated carbocycles. The van der Waals surface area contributed by atoms with Gasteiger partial charge in [-0.05, 0) is 43.2 Å². The molecule has 0 aromatic heterocycles. The van der Waals surface area contributed by atoms with Gasteiger partial charge in [-0.25, -0.2) is 0 Å². The summed E-state index contributed by atoms with van der Waals surface area (Å²) in [7, 11) is 0. The second-order valence-corrected chi connectivity index (χ2v) is 5.00. The maximum atomic E-state index is 12.2. The van der Waals surface area contributed by atoms with Gasteiger partial charge in [0.05, 0.1) is 11.3 Å². The van der Waals surface area contributed by atoms with Gasteiger partial charge in [-0.3, -0.25) is 4.79 Å². The maximum absolute atomic E-state index is 12.2. The van der Waals surface area contributed by atoms with Crippen molar-refractivity contribution in [1.82, 2.24) is 5.32 Å². The zero-order valence-corrected chi connectivity index (χ0v) is 12.4. The van der Waals surface area contributed by atoms with Gasteiger partial charge in [-0.2, -0.15) is 0 Å². The zero-order valence-electron chi connectivity index (χ0n) is 12.4. The first-order valence-electron chi connectivity index (χ1n) is 7.12. The van der Waals surface area contributed by atoms with Crippen LogP contribution in [-0.4, -0.2) is 12.5 Å². The van der Waals surface area contributed by atoms with E-state index in [9.17, 15) is 4.79 Å².